The molecular formula is C16H19F3N2O3. The van der Waals surface area contributed by atoms with Crippen molar-refractivity contribution in [1.29, 1.82) is 0 Å². The molecule has 0 radical (unpaired) electrons. The van der Waals surface area contributed by atoms with Crippen molar-refractivity contribution in [3.63, 3.8) is 0 Å². The van der Waals surface area contributed by atoms with Gasteiger partial charge in [0.15, 0.2) is 6.04 Å². The Labute approximate surface area is 137 Å². The molecule has 0 saturated carbocycles. The highest BCUT2D eigenvalue weighted by atomic mass is 19.4. The lowest BCUT2D eigenvalue weighted by atomic mass is 10.1. The van der Waals surface area contributed by atoms with Gasteiger partial charge < -0.3 is 20.5 Å². The van der Waals surface area contributed by atoms with Crippen LogP contribution in [0.5, 0.6) is 5.75 Å². The van der Waals surface area contributed by atoms with Gasteiger partial charge in [-0.15, -0.1) is 0 Å². The van der Waals surface area contributed by atoms with E-state index in [9.17, 15) is 18.0 Å². The van der Waals surface area contributed by atoms with Gasteiger partial charge in [0.05, 0.1) is 7.11 Å². The fourth-order valence-electron chi connectivity index (χ4n) is 2.51. The zero-order valence-electron chi connectivity index (χ0n) is 13.0. The molecule has 5 nitrogen and oxygen atoms in total. The van der Waals surface area contributed by atoms with Crippen molar-refractivity contribution in [1.82, 2.24) is 10.6 Å². The van der Waals surface area contributed by atoms with Gasteiger partial charge >= 0.3 is 12.2 Å². The minimum atomic E-state index is -4.63. The molecule has 1 aromatic rings. The summed E-state index contributed by atoms with van der Waals surface area (Å²) in [6, 6.07) is 1.89. The van der Waals surface area contributed by atoms with E-state index in [4.69, 9.17) is 9.84 Å². The number of aliphatic hydroxyl groups excluding tert-OH is 1. The van der Waals surface area contributed by atoms with Crippen molar-refractivity contribution in [2.45, 2.75) is 24.7 Å². The van der Waals surface area contributed by atoms with Gasteiger partial charge in [-0.1, -0.05) is 24.3 Å². The van der Waals surface area contributed by atoms with Crippen LogP contribution in [0.2, 0.25) is 0 Å². The van der Waals surface area contributed by atoms with E-state index in [2.05, 4.69) is 5.32 Å². The number of ether oxygens (including phenoxy) is 1. The number of rotatable bonds is 5. The van der Waals surface area contributed by atoms with E-state index in [0.29, 0.717) is 12.2 Å². The van der Waals surface area contributed by atoms with Gasteiger partial charge in [0.2, 0.25) is 0 Å². The second-order valence-electron chi connectivity index (χ2n) is 5.54. The molecule has 132 valence electrons. The third kappa shape index (κ3) is 4.64. The van der Waals surface area contributed by atoms with E-state index in [0.717, 1.165) is 0 Å². The maximum absolute atomic E-state index is 13.3. The Morgan fingerprint density at radius 2 is 2.00 bits per heavy atom. The molecule has 2 rings (SSSR count). The third-order valence-electron chi connectivity index (χ3n) is 3.78. The van der Waals surface area contributed by atoms with Gasteiger partial charge in [0.25, 0.3) is 0 Å². The number of amides is 2. The number of alkyl halides is 3. The molecule has 1 aromatic carbocycles. The van der Waals surface area contributed by atoms with Crippen molar-refractivity contribution in [2.24, 2.45) is 5.92 Å². The number of carbonyl (C=O) groups excluding carboxylic acids is 1. The van der Waals surface area contributed by atoms with Crippen LogP contribution < -0.4 is 15.4 Å². The van der Waals surface area contributed by atoms with Crippen molar-refractivity contribution >= 4 is 6.03 Å². The van der Waals surface area contributed by atoms with Crippen LogP contribution in [0.25, 0.3) is 0 Å². The first-order valence-corrected chi connectivity index (χ1v) is 7.40. The van der Waals surface area contributed by atoms with E-state index in [1.165, 1.54) is 31.4 Å². The summed E-state index contributed by atoms with van der Waals surface area (Å²) in [7, 11) is 1.41. The maximum Gasteiger partial charge on any atom is 0.412 e. The Kier molecular flexibility index (Phi) is 5.71. The second kappa shape index (κ2) is 7.57. The van der Waals surface area contributed by atoms with Crippen molar-refractivity contribution in [3.8, 4) is 5.75 Å². The average Bonchev–Trinajstić information content (AvgIpc) is 2.99. The number of methoxy groups -OCH3 is 1. The molecule has 0 bridgehead atoms. The lowest BCUT2D eigenvalue weighted by Gasteiger charge is -2.23. The first kappa shape index (κ1) is 18.1. The van der Waals surface area contributed by atoms with Crippen LogP contribution in [0.15, 0.2) is 36.4 Å². The van der Waals surface area contributed by atoms with E-state index < -0.39 is 24.3 Å². The fraction of sp³-hybridized carbons (Fsp3) is 0.438. The number of carbonyl (C=O) groups is 1. The lowest BCUT2D eigenvalue weighted by Crippen LogP contribution is -2.46. The average molecular weight is 344 g/mol. The number of hydrogen-bond donors (Lipinski definition) is 3. The largest absolute Gasteiger partial charge is 0.497 e. The normalized spacial score (nSPS) is 21.4. The highest BCUT2D eigenvalue weighted by Gasteiger charge is 2.42. The molecule has 0 spiro atoms. The highest BCUT2D eigenvalue weighted by molar-refractivity contribution is 5.75. The Morgan fingerprint density at radius 3 is 2.50 bits per heavy atom. The Hall–Kier alpha value is -2.22. The minimum absolute atomic E-state index is 0.0622. The van der Waals surface area contributed by atoms with Gasteiger partial charge in [-0.2, -0.15) is 13.2 Å². The van der Waals surface area contributed by atoms with Crippen LogP contribution in [0, 0.1) is 5.92 Å². The second-order valence-corrected chi connectivity index (χ2v) is 5.54. The third-order valence-corrected chi connectivity index (χ3v) is 3.78. The van der Waals surface area contributed by atoms with Crippen molar-refractivity contribution < 1.29 is 27.8 Å². The first-order valence-electron chi connectivity index (χ1n) is 7.40. The molecule has 1 aliphatic rings. The molecule has 2 amide bonds. The summed E-state index contributed by atoms with van der Waals surface area (Å²) in [5.74, 6) is 0.338. The molecule has 0 aliphatic heterocycles. The van der Waals surface area contributed by atoms with Crippen LogP contribution in [0.3, 0.4) is 0 Å². The number of aliphatic hydroxyl groups is 1. The van der Waals surface area contributed by atoms with Gasteiger partial charge in [0.1, 0.15) is 5.75 Å². The first-order chi connectivity index (χ1) is 11.3. The Morgan fingerprint density at radius 1 is 1.33 bits per heavy atom. The number of benzene rings is 1. The summed E-state index contributed by atoms with van der Waals surface area (Å²) in [4.78, 5) is 11.9. The van der Waals surface area contributed by atoms with Gasteiger partial charge in [-0.05, 0) is 24.1 Å². The highest BCUT2D eigenvalue weighted by Crippen LogP contribution is 2.33. The zero-order chi connectivity index (χ0) is 17.7. The number of urea groups is 1. The van der Waals surface area contributed by atoms with E-state index in [-0.39, 0.29) is 18.1 Å². The molecule has 3 N–H and O–H groups in total. The van der Waals surface area contributed by atoms with Crippen LogP contribution in [-0.2, 0) is 0 Å². The molecule has 3 atom stereocenters. The van der Waals surface area contributed by atoms with Crippen LogP contribution in [-0.4, -0.2) is 37.1 Å². The van der Waals surface area contributed by atoms with Gasteiger partial charge in [-0.25, -0.2) is 4.79 Å². The fourth-order valence-corrected chi connectivity index (χ4v) is 2.51. The lowest BCUT2D eigenvalue weighted by molar-refractivity contribution is -0.155. The topological polar surface area (TPSA) is 70.6 Å². The Balaban J connectivity index is 2.03. The molecule has 24 heavy (non-hydrogen) atoms. The monoisotopic (exact) mass is 344 g/mol. The van der Waals surface area contributed by atoms with E-state index in [1.807, 2.05) is 5.32 Å². The van der Waals surface area contributed by atoms with Crippen LogP contribution in [0.1, 0.15) is 18.0 Å². The molecule has 0 aromatic heterocycles. The van der Waals surface area contributed by atoms with E-state index in [1.54, 1.807) is 12.2 Å². The predicted octanol–water partition coefficient (Wildman–Crippen LogP) is 2.53. The number of hydrogen-bond acceptors (Lipinski definition) is 3. The Bertz CT molecular complexity index is 587. The van der Waals surface area contributed by atoms with Crippen molar-refractivity contribution in [2.75, 3.05) is 13.7 Å². The molecule has 0 fully saturated rings. The quantitative estimate of drug-likeness (QED) is 0.719. The van der Waals surface area contributed by atoms with E-state index >= 15 is 0 Å². The summed E-state index contributed by atoms with van der Waals surface area (Å²) in [5, 5.41) is 13.4. The number of halogens is 3. The number of nitrogens with one attached hydrogen (secondary N) is 2. The molecule has 1 aliphatic carbocycles. The molecule has 8 heteroatoms. The summed E-state index contributed by atoms with van der Waals surface area (Å²) in [5.41, 5.74) is -0.0892. The summed E-state index contributed by atoms with van der Waals surface area (Å²) in [6.07, 6.45) is -0.777. The minimum Gasteiger partial charge on any atom is -0.497 e. The summed E-state index contributed by atoms with van der Waals surface area (Å²) >= 11 is 0. The smallest absolute Gasteiger partial charge is 0.412 e. The van der Waals surface area contributed by atoms with Crippen LogP contribution >= 0.6 is 0 Å². The molecule has 0 unspecified atom stereocenters. The summed E-state index contributed by atoms with van der Waals surface area (Å²) < 4.78 is 44.7. The molecule has 0 saturated heterocycles. The maximum atomic E-state index is 13.3. The molecule has 0 heterocycles. The SMILES string of the molecule is COc1ccc([C@@H](NC(=O)N[C@@H]2C=C[C@H](CO)C2)C(F)(F)F)cc1. The standard InChI is InChI=1S/C16H19F3N2O3/c1-24-13-6-3-11(4-7-13)14(16(17,18)19)21-15(23)20-12-5-2-10(8-12)9-22/h2-7,10,12,14,22H,8-9H2,1H3,(H2,20,21,23)/t10-,12+,14+/m0/s1. The zero-order valence-corrected chi connectivity index (χ0v) is 13.0. The van der Waals surface area contributed by atoms with Gasteiger partial charge in [-0.3, -0.25) is 0 Å². The summed E-state index contributed by atoms with van der Waals surface area (Å²) in [6.45, 7) is -0.0622. The van der Waals surface area contributed by atoms with Crippen molar-refractivity contribution in [3.05, 3.63) is 42.0 Å². The van der Waals surface area contributed by atoms with Crippen LogP contribution in [0.4, 0.5) is 18.0 Å². The molecular weight excluding hydrogens is 325 g/mol. The predicted molar refractivity (Wildman–Crippen MR) is 81.6 cm³/mol. The van der Waals surface area contributed by atoms with Gasteiger partial charge in [0, 0.05) is 18.6 Å².